The molecule has 1 aliphatic rings. The summed E-state index contributed by atoms with van der Waals surface area (Å²) in [5.41, 5.74) is 1.06. The van der Waals surface area contributed by atoms with E-state index in [9.17, 15) is 4.79 Å². The molecule has 17 heavy (non-hydrogen) atoms. The number of amides is 1. The van der Waals surface area contributed by atoms with Crippen LogP contribution in [0.3, 0.4) is 0 Å². The Bertz CT molecular complexity index is 374. The lowest BCUT2D eigenvalue weighted by atomic mass is 10.1. The summed E-state index contributed by atoms with van der Waals surface area (Å²) in [7, 11) is 1.91. The van der Waals surface area contributed by atoms with Gasteiger partial charge in [0.2, 0.25) is 5.91 Å². The minimum atomic E-state index is -0.0267. The van der Waals surface area contributed by atoms with Crippen molar-refractivity contribution in [2.75, 3.05) is 13.1 Å². The summed E-state index contributed by atoms with van der Waals surface area (Å²) < 4.78 is 1.80. The van der Waals surface area contributed by atoms with Crippen molar-refractivity contribution in [3.8, 4) is 0 Å². The van der Waals surface area contributed by atoms with Crippen LogP contribution in [0.25, 0.3) is 0 Å². The maximum atomic E-state index is 11.7. The summed E-state index contributed by atoms with van der Waals surface area (Å²) in [6, 6.07) is 1.98. The molecule has 5 heteroatoms. The lowest BCUT2D eigenvalue weighted by Gasteiger charge is -2.14. The Morgan fingerprint density at radius 3 is 3.24 bits per heavy atom. The molecule has 1 fully saturated rings. The van der Waals surface area contributed by atoms with Gasteiger partial charge in [-0.15, -0.1) is 0 Å². The largest absolute Gasteiger partial charge is 0.355 e. The first kappa shape index (κ1) is 12.1. The third-order valence-corrected chi connectivity index (χ3v) is 3.08. The summed E-state index contributed by atoms with van der Waals surface area (Å²) in [5.74, 6) is 0.142. The van der Waals surface area contributed by atoms with Gasteiger partial charge in [-0.1, -0.05) is 0 Å². The van der Waals surface area contributed by atoms with E-state index in [1.807, 2.05) is 19.3 Å². The van der Waals surface area contributed by atoms with Crippen LogP contribution < -0.4 is 10.6 Å². The Hall–Kier alpha value is -1.36. The van der Waals surface area contributed by atoms with Crippen molar-refractivity contribution < 1.29 is 4.79 Å². The summed E-state index contributed by atoms with van der Waals surface area (Å²) in [4.78, 5) is 11.7. The summed E-state index contributed by atoms with van der Waals surface area (Å²) in [6.45, 7) is 1.62. The highest BCUT2D eigenvalue weighted by molar-refractivity contribution is 5.81. The number of aryl methyl sites for hydroxylation is 1. The standard InChI is InChI=1S/C12H20N4O/c1-16-9-6-10(15-16)5-8-13-11-4-2-3-7-14-12(11)17/h6,9,11,13H,2-5,7-8H2,1H3,(H,14,17). The van der Waals surface area contributed by atoms with Crippen LogP contribution in [0.15, 0.2) is 12.3 Å². The molecule has 1 saturated heterocycles. The highest BCUT2D eigenvalue weighted by Gasteiger charge is 2.19. The zero-order valence-corrected chi connectivity index (χ0v) is 10.3. The van der Waals surface area contributed by atoms with E-state index in [1.165, 1.54) is 0 Å². The Morgan fingerprint density at radius 2 is 2.47 bits per heavy atom. The molecular weight excluding hydrogens is 216 g/mol. The third-order valence-electron chi connectivity index (χ3n) is 3.08. The normalized spacial score (nSPS) is 21.0. The van der Waals surface area contributed by atoms with Crippen molar-refractivity contribution >= 4 is 5.91 Å². The Balaban J connectivity index is 1.75. The maximum Gasteiger partial charge on any atom is 0.237 e. The minimum absolute atomic E-state index is 0.0267. The Morgan fingerprint density at radius 1 is 1.59 bits per heavy atom. The molecule has 0 spiro atoms. The van der Waals surface area contributed by atoms with Gasteiger partial charge in [0.05, 0.1) is 11.7 Å². The van der Waals surface area contributed by atoms with E-state index in [0.717, 1.165) is 44.5 Å². The summed E-state index contributed by atoms with van der Waals surface area (Å²) in [6.07, 6.45) is 5.94. The van der Waals surface area contributed by atoms with Crippen LogP contribution in [0.4, 0.5) is 0 Å². The van der Waals surface area contributed by atoms with Crippen molar-refractivity contribution in [2.45, 2.75) is 31.7 Å². The Kier molecular flexibility index (Phi) is 4.14. The van der Waals surface area contributed by atoms with Gasteiger partial charge in [-0.3, -0.25) is 9.48 Å². The van der Waals surface area contributed by atoms with Crippen molar-refractivity contribution in [3.05, 3.63) is 18.0 Å². The second-order valence-corrected chi connectivity index (χ2v) is 4.52. The number of nitrogens with one attached hydrogen (secondary N) is 2. The average molecular weight is 236 g/mol. The predicted molar refractivity (Wildman–Crippen MR) is 65.6 cm³/mol. The molecule has 1 aromatic rings. The highest BCUT2D eigenvalue weighted by Crippen LogP contribution is 2.05. The van der Waals surface area contributed by atoms with Gasteiger partial charge < -0.3 is 10.6 Å². The van der Waals surface area contributed by atoms with Crippen LogP contribution in [-0.2, 0) is 18.3 Å². The number of nitrogens with zero attached hydrogens (tertiary/aromatic N) is 2. The van der Waals surface area contributed by atoms with Crippen LogP contribution in [0.2, 0.25) is 0 Å². The number of carbonyl (C=O) groups is 1. The maximum absolute atomic E-state index is 11.7. The number of aromatic nitrogens is 2. The second kappa shape index (κ2) is 5.82. The van der Waals surface area contributed by atoms with Gasteiger partial charge in [-0.25, -0.2) is 0 Å². The van der Waals surface area contributed by atoms with Gasteiger partial charge in [0, 0.05) is 32.8 Å². The van der Waals surface area contributed by atoms with Gasteiger partial charge >= 0.3 is 0 Å². The molecule has 5 nitrogen and oxygen atoms in total. The van der Waals surface area contributed by atoms with Crippen LogP contribution in [0, 0.1) is 0 Å². The molecule has 1 aliphatic heterocycles. The van der Waals surface area contributed by atoms with Gasteiger partial charge in [0.15, 0.2) is 0 Å². The monoisotopic (exact) mass is 236 g/mol. The van der Waals surface area contributed by atoms with E-state index in [-0.39, 0.29) is 11.9 Å². The molecule has 2 heterocycles. The van der Waals surface area contributed by atoms with Crippen molar-refractivity contribution in [1.29, 1.82) is 0 Å². The average Bonchev–Trinajstić information content (AvgIpc) is 2.61. The zero-order valence-electron chi connectivity index (χ0n) is 10.3. The van der Waals surface area contributed by atoms with Crippen molar-refractivity contribution in [3.63, 3.8) is 0 Å². The van der Waals surface area contributed by atoms with Crippen LogP contribution in [0.1, 0.15) is 25.0 Å². The number of rotatable bonds is 4. The molecule has 2 rings (SSSR count). The molecule has 1 amide bonds. The lowest BCUT2D eigenvalue weighted by Crippen LogP contribution is -2.43. The quantitative estimate of drug-likeness (QED) is 0.786. The van der Waals surface area contributed by atoms with Crippen LogP contribution >= 0.6 is 0 Å². The van der Waals surface area contributed by atoms with Crippen LogP contribution in [-0.4, -0.2) is 34.8 Å². The number of carbonyl (C=O) groups excluding carboxylic acids is 1. The first-order valence-electron chi connectivity index (χ1n) is 6.25. The fourth-order valence-corrected chi connectivity index (χ4v) is 2.11. The second-order valence-electron chi connectivity index (χ2n) is 4.52. The van der Waals surface area contributed by atoms with E-state index in [0.29, 0.717) is 0 Å². The molecule has 1 atom stereocenters. The number of hydrogen-bond donors (Lipinski definition) is 2. The first-order chi connectivity index (χ1) is 8.25. The van der Waals surface area contributed by atoms with Gasteiger partial charge in [-0.2, -0.15) is 5.10 Å². The summed E-state index contributed by atoms with van der Waals surface area (Å²) in [5, 5.41) is 10.5. The lowest BCUT2D eigenvalue weighted by molar-refractivity contribution is -0.122. The number of hydrogen-bond acceptors (Lipinski definition) is 3. The van der Waals surface area contributed by atoms with E-state index in [2.05, 4.69) is 15.7 Å². The van der Waals surface area contributed by atoms with E-state index in [1.54, 1.807) is 4.68 Å². The van der Waals surface area contributed by atoms with E-state index >= 15 is 0 Å². The molecule has 0 bridgehead atoms. The molecule has 0 radical (unpaired) electrons. The van der Waals surface area contributed by atoms with E-state index < -0.39 is 0 Å². The Labute approximate surface area is 102 Å². The highest BCUT2D eigenvalue weighted by atomic mass is 16.2. The molecule has 1 aromatic heterocycles. The molecule has 0 aromatic carbocycles. The van der Waals surface area contributed by atoms with Gasteiger partial charge in [0.1, 0.15) is 0 Å². The molecule has 1 unspecified atom stereocenters. The van der Waals surface area contributed by atoms with Crippen molar-refractivity contribution in [1.82, 2.24) is 20.4 Å². The molecule has 94 valence electrons. The van der Waals surface area contributed by atoms with E-state index in [4.69, 9.17) is 0 Å². The SMILES string of the molecule is Cn1ccc(CCNC2CCCCNC2=O)n1. The van der Waals surface area contributed by atoms with Crippen LogP contribution in [0.5, 0.6) is 0 Å². The fourth-order valence-electron chi connectivity index (χ4n) is 2.11. The third kappa shape index (κ3) is 3.56. The predicted octanol–water partition coefficient (Wildman–Crippen LogP) is 0.221. The fraction of sp³-hybridized carbons (Fsp3) is 0.667. The van der Waals surface area contributed by atoms with Gasteiger partial charge in [-0.05, 0) is 25.3 Å². The topological polar surface area (TPSA) is 59.0 Å². The van der Waals surface area contributed by atoms with Gasteiger partial charge in [0.25, 0.3) is 0 Å². The molecule has 0 saturated carbocycles. The smallest absolute Gasteiger partial charge is 0.237 e. The molecule has 0 aliphatic carbocycles. The molecular formula is C12H20N4O. The molecule has 2 N–H and O–H groups in total. The minimum Gasteiger partial charge on any atom is -0.355 e. The van der Waals surface area contributed by atoms with Crippen molar-refractivity contribution in [2.24, 2.45) is 7.05 Å². The summed E-state index contributed by atoms with van der Waals surface area (Å²) >= 11 is 0. The zero-order chi connectivity index (χ0) is 12.1. The first-order valence-corrected chi connectivity index (χ1v) is 6.25.